The average molecular weight is 385 g/mol. The van der Waals surface area contributed by atoms with Crippen molar-refractivity contribution in [2.45, 2.75) is 84.3 Å². The molecule has 1 rings (SSSR count). The smallest absolute Gasteiger partial charge is 0.410 e. The summed E-state index contributed by atoms with van der Waals surface area (Å²) in [5.74, 6) is -2.54. The number of carbonyl (C=O) groups excluding carboxylic acids is 3. The van der Waals surface area contributed by atoms with Crippen molar-refractivity contribution in [1.29, 1.82) is 0 Å². The summed E-state index contributed by atoms with van der Waals surface area (Å²) < 4.78 is 10.1. The lowest BCUT2D eigenvalue weighted by Crippen LogP contribution is -2.42. The minimum Gasteiger partial charge on any atom is -0.481 e. The molecule has 0 aromatic rings. The van der Waals surface area contributed by atoms with Crippen LogP contribution in [0.4, 0.5) is 4.79 Å². The van der Waals surface area contributed by atoms with E-state index in [1.807, 2.05) is 6.92 Å². The van der Waals surface area contributed by atoms with Gasteiger partial charge in [-0.3, -0.25) is 9.59 Å². The number of amides is 1. The van der Waals surface area contributed by atoms with E-state index in [1.165, 1.54) is 0 Å². The van der Waals surface area contributed by atoms with Gasteiger partial charge in [0.2, 0.25) is 12.1 Å². The van der Waals surface area contributed by atoms with Gasteiger partial charge >= 0.3 is 18.0 Å². The fourth-order valence-electron chi connectivity index (χ4n) is 3.35. The van der Waals surface area contributed by atoms with Crippen LogP contribution in [0.15, 0.2) is 0 Å². The topological polar surface area (TPSA) is 119 Å². The van der Waals surface area contributed by atoms with Gasteiger partial charge in [0.15, 0.2) is 0 Å². The zero-order valence-electron chi connectivity index (χ0n) is 16.3. The number of ketones is 1. The maximum Gasteiger partial charge on any atom is 0.410 e. The molecule has 8 nitrogen and oxygen atoms in total. The van der Waals surface area contributed by atoms with Gasteiger partial charge in [-0.15, -0.1) is 0 Å². The Morgan fingerprint density at radius 3 is 2.26 bits per heavy atom. The van der Waals surface area contributed by atoms with Crippen LogP contribution in [0, 0.1) is 5.41 Å². The number of alkyl carbamates (subject to hydrolysis) is 1. The monoisotopic (exact) mass is 385 g/mol. The lowest BCUT2D eigenvalue weighted by Gasteiger charge is -2.36. The van der Waals surface area contributed by atoms with E-state index in [0.717, 1.165) is 32.1 Å². The third kappa shape index (κ3) is 8.41. The number of rotatable bonds is 11. The number of aliphatic carboxylic acids is 1. The molecule has 1 aliphatic rings. The fourth-order valence-corrected chi connectivity index (χ4v) is 3.35. The van der Waals surface area contributed by atoms with E-state index in [4.69, 9.17) is 9.47 Å². The SMILES string of the molecule is CCCC(=O)C(=O)OC(CCC)OC(=O)NCC1(CC(=O)O)CCCCC1. The average Bonchev–Trinajstić information content (AvgIpc) is 2.60. The van der Waals surface area contributed by atoms with Gasteiger partial charge in [-0.2, -0.15) is 0 Å². The first-order valence-electron chi connectivity index (χ1n) is 9.72. The molecule has 0 aliphatic heterocycles. The van der Waals surface area contributed by atoms with Crippen molar-refractivity contribution < 1.29 is 33.8 Å². The molecule has 1 saturated carbocycles. The number of ether oxygens (including phenoxy) is 2. The van der Waals surface area contributed by atoms with Crippen LogP contribution in [0.3, 0.4) is 0 Å². The van der Waals surface area contributed by atoms with Crippen molar-refractivity contribution in [1.82, 2.24) is 5.32 Å². The van der Waals surface area contributed by atoms with E-state index in [0.29, 0.717) is 12.8 Å². The van der Waals surface area contributed by atoms with Gasteiger partial charge in [-0.25, -0.2) is 9.59 Å². The van der Waals surface area contributed by atoms with Gasteiger partial charge in [0.05, 0.1) is 6.42 Å². The van der Waals surface area contributed by atoms with E-state index in [2.05, 4.69) is 5.32 Å². The zero-order valence-corrected chi connectivity index (χ0v) is 16.3. The van der Waals surface area contributed by atoms with Gasteiger partial charge in [-0.1, -0.05) is 33.1 Å². The Morgan fingerprint density at radius 2 is 1.70 bits per heavy atom. The first kappa shape index (κ1) is 22.9. The van der Waals surface area contributed by atoms with Crippen LogP contribution in [0.25, 0.3) is 0 Å². The van der Waals surface area contributed by atoms with Crippen molar-refractivity contribution in [3.05, 3.63) is 0 Å². The summed E-state index contributed by atoms with van der Waals surface area (Å²) in [6, 6.07) is 0. The second-order valence-corrected chi connectivity index (χ2v) is 7.19. The van der Waals surface area contributed by atoms with E-state index >= 15 is 0 Å². The van der Waals surface area contributed by atoms with E-state index in [9.17, 15) is 24.3 Å². The van der Waals surface area contributed by atoms with Crippen LogP contribution in [0.5, 0.6) is 0 Å². The molecule has 1 aliphatic carbocycles. The standard InChI is InChI=1S/C19H31NO7/c1-3-8-14(21)17(24)26-16(9-4-2)27-18(25)20-13-19(12-15(22)23)10-6-5-7-11-19/h16H,3-13H2,1-2H3,(H,20,25)(H,22,23). The van der Waals surface area contributed by atoms with Crippen molar-refractivity contribution in [3.8, 4) is 0 Å². The Balaban J connectivity index is 2.58. The highest BCUT2D eigenvalue weighted by Gasteiger charge is 2.35. The Morgan fingerprint density at radius 1 is 1.04 bits per heavy atom. The quantitative estimate of drug-likeness (QED) is 0.318. The van der Waals surface area contributed by atoms with Crippen molar-refractivity contribution in [2.24, 2.45) is 5.41 Å². The molecular weight excluding hydrogens is 354 g/mol. The summed E-state index contributed by atoms with van der Waals surface area (Å²) >= 11 is 0. The summed E-state index contributed by atoms with van der Waals surface area (Å²) in [5, 5.41) is 11.8. The molecule has 27 heavy (non-hydrogen) atoms. The predicted molar refractivity (Wildman–Crippen MR) is 97.0 cm³/mol. The lowest BCUT2D eigenvalue weighted by atomic mass is 9.72. The molecule has 154 valence electrons. The van der Waals surface area contributed by atoms with Gasteiger partial charge in [0.1, 0.15) is 0 Å². The van der Waals surface area contributed by atoms with Crippen LogP contribution in [-0.2, 0) is 23.9 Å². The number of nitrogens with one attached hydrogen (secondary N) is 1. The fraction of sp³-hybridized carbons (Fsp3) is 0.789. The van der Waals surface area contributed by atoms with Crippen molar-refractivity contribution in [3.63, 3.8) is 0 Å². The van der Waals surface area contributed by atoms with Crippen molar-refractivity contribution in [2.75, 3.05) is 6.54 Å². The third-order valence-electron chi connectivity index (χ3n) is 4.75. The normalized spacial score (nSPS) is 16.8. The zero-order chi connectivity index (χ0) is 20.3. The van der Waals surface area contributed by atoms with Gasteiger partial charge in [-0.05, 0) is 31.1 Å². The summed E-state index contributed by atoms with van der Waals surface area (Å²) in [4.78, 5) is 46.6. The molecule has 0 saturated heterocycles. The van der Waals surface area contributed by atoms with Gasteiger partial charge in [0.25, 0.3) is 0 Å². The molecule has 0 radical (unpaired) electrons. The van der Waals surface area contributed by atoms with E-state index < -0.39 is 35.5 Å². The second kappa shape index (κ2) is 11.6. The summed E-state index contributed by atoms with van der Waals surface area (Å²) in [6.45, 7) is 3.80. The largest absolute Gasteiger partial charge is 0.481 e. The highest BCUT2D eigenvalue weighted by Crippen LogP contribution is 2.38. The van der Waals surface area contributed by atoms with Crippen LogP contribution < -0.4 is 5.32 Å². The summed E-state index contributed by atoms with van der Waals surface area (Å²) in [7, 11) is 0. The second-order valence-electron chi connectivity index (χ2n) is 7.19. The highest BCUT2D eigenvalue weighted by molar-refractivity contribution is 6.33. The van der Waals surface area contributed by atoms with Crippen molar-refractivity contribution >= 4 is 23.8 Å². The molecule has 1 amide bonds. The first-order chi connectivity index (χ1) is 12.8. The number of carboxylic acids is 1. The molecule has 0 bridgehead atoms. The highest BCUT2D eigenvalue weighted by atomic mass is 16.7. The Hall–Kier alpha value is -2.12. The number of hydrogen-bond acceptors (Lipinski definition) is 6. The maximum absolute atomic E-state index is 12.1. The molecular formula is C19H31NO7. The van der Waals surface area contributed by atoms with Crippen LogP contribution in [0.2, 0.25) is 0 Å². The number of hydrogen-bond donors (Lipinski definition) is 2. The Bertz CT molecular complexity index is 526. The minimum atomic E-state index is -1.13. The van der Waals surface area contributed by atoms with Crippen LogP contribution >= 0.6 is 0 Å². The summed E-state index contributed by atoms with van der Waals surface area (Å²) in [6.07, 6.45) is 3.95. The molecule has 0 spiro atoms. The number of carboxylic acid groups (broad SMARTS) is 1. The minimum absolute atomic E-state index is 0.00776. The van der Waals surface area contributed by atoms with Crippen LogP contribution in [-0.4, -0.2) is 41.8 Å². The number of carbonyl (C=O) groups is 4. The first-order valence-corrected chi connectivity index (χ1v) is 9.72. The van der Waals surface area contributed by atoms with E-state index in [-0.39, 0.29) is 25.8 Å². The molecule has 8 heteroatoms. The third-order valence-corrected chi connectivity index (χ3v) is 4.75. The summed E-state index contributed by atoms with van der Waals surface area (Å²) in [5.41, 5.74) is -0.475. The molecule has 1 unspecified atom stereocenters. The molecule has 0 heterocycles. The Kier molecular flexibility index (Phi) is 9.82. The van der Waals surface area contributed by atoms with Crippen LogP contribution in [0.1, 0.15) is 78.1 Å². The molecule has 0 aromatic carbocycles. The molecule has 1 fully saturated rings. The molecule has 1 atom stereocenters. The molecule has 0 aromatic heterocycles. The van der Waals surface area contributed by atoms with E-state index in [1.54, 1.807) is 6.92 Å². The van der Waals surface area contributed by atoms with Gasteiger partial charge in [0, 0.05) is 19.4 Å². The number of esters is 1. The number of Topliss-reactive ketones (excluding diaryl/α,β-unsaturated/α-hetero) is 1. The maximum atomic E-state index is 12.1. The predicted octanol–water partition coefficient (Wildman–Crippen LogP) is 3.18. The lowest BCUT2D eigenvalue weighted by molar-refractivity contribution is -0.173. The molecule has 2 N–H and O–H groups in total. The van der Waals surface area contributed by atoms with Gasteiger partial charge < -0.3 is 19.9 Å². The Labute approximate surface area is 160 Å².